The lowest BCUT2D eigenvalue weighted by Crippen LogP contribution is -2.59. The number of benzene rings is 2. The third-order valence-electron chi connectivity index (χ3n) is 9.34. The summed E-state index contributed by atoms with van der Waals surface area (Å²) in [5.41, 5.74) is 1.82. The van der Waals surface area contributed by atoms with Gasteiger partial charge in [0.15, 0.2) is 11.5 Å². The van der Waals surface area contributed by atoms with Crippen LogP contribution >= 0.6 is 0 Å². The summed E-state index contributed by atoms with van der Waals surface area (Å²) in [6, 6.07) is 14.8. The molecule has 2 atom stereocenters. The highest BCUT2D eigenvalue weighted by atomic mass is 16.5. The molecule has 6 rings (SSSR count). The number of nitrogens with zero attached hydrogens (tertiary/aromatic N) is 6. The molecule has 260 valence electrons. The molecule has 0 radical (unpaired) electrons. The third kappa shape index (κ3) is 8.84. The molecule has 0 aliphatic carbocycles. The summed E-state index contributed by atoms with van der Waals surface area (Å²) in [4.78, 5) is 56.5. The number of nitrogens with one attached hydrogen (secondary N) is 1. The minimum absolute atomic E-state index is 0.0339. The molecule has 2 fully saturated rings. The average Bonchev–Trinajstić information content (AvgIpc) is 3.13. The molecule has 2 saturated heterocycles. The number of hydrogen-bond acceptors (Lipinski definition) is 10. The Kier molecular flexibility index (Phi) is 11.2. The molecule has 0 saturated carbocycles. The predicted molar refractivity (Wildman–Crippen MR) is 182 cm³/mol. The lowest BCUT2D eigenvalue weighted by atomic mass is 10.0. The molecule has 13 heteroatoms. The number of rotatable bonds is 5. The molecule has 3 aliphatic rings. The van der Waals surface area contributed by atoms with E-state index in [0.29, 0.717) is 62.2 Å². The van der Waals surface area contributed by atoms with Crippen molar-refractivity contribution in [2.75, 3.05) is 70.9 Å². The second-order valence-electron chi connectivity index (χ2n) is 12.6. The smallest absolute Gasteiger partial charge is 0.239 e. The van der Waals surface area contributed by atoms with Crippen molar-refractivity contribution in [1.82, 2.24) is 30.0 Å². The Morgan fingerprint density at radius 3 is 2.57 bits per heavy atom. The van der Waals surface area contributed by atoms with Crippen molar-refractivity contribution >= 4 is 23.7 Å². The van der Waals surface area contributed by atoms with E-state index < -0.39 is 6.10 Å². The van der Waals surface area contributed by atoms with Crippen molar-refractivity contribution in [3.8, 4) is 17.2 Å². The fraction of sp³-hybridized carbons (Fsp3) is 0.472. The molecule has 3 aromatic rings. The number of anilines is 1. The highest BCUT2D eigenvalue weighted by Gasteiger charge is 2.34. The number of ether oxygens (including phenoxy) is 3. The molecule has 13 nitrogen and oxygen atoms in total. The van der Waals surface area contributed by atoms with E-state index in [0.717, 1.165) is 37.3 Å². The maximum absolute atomic E-state index is 13.6. The highest BCUT2D eigenvalue weighted by molar-refractivity contribution is 5.85. The number of piperidine rings is 1. The van der Waals surface area contributed by atoms with E-state index in [2.05, 4.69) is 25.1 Å². The topological polar surface area (TPSA) is 130 Å². The molecular weight excluding hydrogens is 626 g/mol. The van der Waals surface area contributed by atoms with Crippen LogP contribution in [0.1, 0.15) is 30.9 Å². The van der Waals surface area contributed by atoms with Gasteiger partial charge in [-0.05, 0) is 61.2 Å². The maximum atomic E-state index is 13.6. The summed E-state index contributed by atoms with van der Waals surface area (Å²) in [5.74, 6) is 2.15. The molecule has 4 bridgehead atoms. The zero-order valence-corrected chi connectivity index (χ0v) is 28.3. The first-order chi connectivity index (χ1) is 23.9. The van der Waals surface area contributed by atoms with Crippen LogP contribution in [0.3, 0.4) is 0 Å². The van der Waals surface area contributed by atoms with Gasteiger partial charge in [0.25, 0.3) is 0 Å². The average molecular weight is 672 g/mol. The zero-order valence-electron chi connectivity index (χ0n) is 28.3. The van der Waals surface area contributed by atoms with Crippen molar-refractivity contribution in [3.63, 3.8) is 0 Å². The SMILES string of the molecule is CCN1CC(=O)N[C@H]2CCN(C(=O)CN3CCN(c4ncccn4)CC3)C[C@@H]2OCc2cccc(c2)Oc2cc(ccc2OC)CCC1=O. The van der Waals surface area contributed by atoms with Gasteiger partial charge in [-0.2, -0.15) is 0 Å². The summed E-state index contributed by atoms with van der Waals surface area (Å²) in [6.45, 7) is 6.62. The van der Waals surface area contributed by atoms with Crippen LogP contribution in [0.25, 0.3) is 0 Å². The number of fused-ring (bicyclic) bond motifs is 5. The number of aromatic nitrogens is 2. The van der Waals surface area contributed by atoms with E-state index >= 15 is 0 Å². The molecule has 3 amide bonds. The standard InChI is InChI=1S/C36H45N7O6/c1-3-41-23-33(44)39-29-12-15-43(35(46)24-40-16-18-42(19-17-40)36-37-13-5-14-38-36)22-32(29)48-25-27-6-4-7-28(20-27)49-31-21-26(9-11-34(41)45)8-10-30(31)47-2/h4-8,10,13-14,20-21,29,32H,3,9,11-12,15-19,22-25H2,1-2H3,(H,39,44)/t29-,32-/m0/s1. The zero-order chi connectivity index (χ0) is 34.2. The van der Waals surface area contributed by atoms with E-state index in [1.54, 1.807) is 30.5 Å². The van der Waals surface area contributed by atoms with Crippen molar-refractivity contribution in [3.05, 3.63) is 72.1 Å². The van der Waals surface area contributed by atoms with Crippen LogP contribution in [0.4, 0.5) is 5.95 Å². The lowest BCUT2D eigenvalue weighted by Gasteiger charge is -2.40. The minimum Gasteiger partial charge on any atom is -0.493 e. The Bertz CT molecular complexity index is 1600. The van der Waals surface area contributed by atoms with Gasteiger partial charge in [0.2, 0.25) is 23.7 Å². The third-order valence-corrected chi connectivity index (χ3v) is 9.34. The number of carbonyl (C=O) groups excluding carboxylic acids is 3. The van der Waals surface area contributed by atoms with E-state index in [1.165, 1.54) is 0 Å². The first kappa shape index (κ1) is 34.1. The van der Waals surface area contributed by atoms with Crippen LogP contribution in [-0.2, 0) is 32.1 Å². The summed E-state index contributed by atoms with van der Waals surface area (Å²) >= 11 is 0. The fourth-order valence-corrected chi connectivity index (χ4v) is 6.53. The highest BCUT2D eigenvalue weighted by Crippen LogP contribution is 2.33. The Morgan fingerprint density at radius 1 is 0.980 bits per heavy atom. The van der Waals surface area contributed by atoms with Crippen LogP contribution in [0, 0.1) is 0 Å². The quantitative estimate of drug-likeness (QED) is 0.432. The Labute approximate surface area is 287 Å². The fourth-order valence-electron chi connectivity index (χ4n) is 6.53. The van der Waals surface area contributed by atoms with Crippen LogP contribution in [0.5, 0.6) is 17.2 Å². The van der Waals surface area contributed by atoms with Gasteiger partial charge in [-0.3, -0.25) is 19.3 Å². The number of methoxy groups -OCH3 is 1. The van der Waals surface area contributed by atoms with Crippen molar-refractivity contribution in [2.24, 2.45) is 0 Å². The van der Waals surface area contributed by atoms with Gasteiger partial charge >= 0.3 is 0 Å². The number of piperazine rings is 1. The first-order valence-electron chi connectivity index (χ1n) is 17.0. The molecule has 1 N–H and O–H groups in total. The van der Waals surface area contributed by atoms with Gasteiger partial charge in [-0.15, -0.1) is 0 Å². The second kappa shape index (κ2) is 16.1. The van der Waals surface area contributed by atoms with Gasteiger partial charge in [0.1, 0.15) is 5.75 Å². The van der Waals surface area contributed by atoms with E-state index in [1.807, 2.05) is 54.3 Å². The van der Waals surface area contributed by atoms with Crippen LogP contribution in [0.15, 0.2) is 60.9 Å². The number of likely N-dealkylation sites (tertiary alicyclic amines) is 1. The van der Waals surface area contributed by atoms with Crippen LogP contribution in [0.2, 0.25) is 0 Å². The van der Waals surface area contributed by atoms with Gasteiger partial charge in [-0.1, -0.05) is 18.2 Å². The predicted octanol–water partition coefficient (Wildman–Crippen LogP) is 2.50. The van der Waals surface area contributed by atoms with Gasteiger partial charge < -0.3 is 34.2 Å². The minimum atomic E-state index is -0.445. The van der Waals surface area contributed by atoms with E-state index in [4.69, 9.17) is 14.2 Å². The second-order valence-corrected chi connectivity index (χ2v) is 12.6. The Balaban J connectivity index is 1.15. The van der Waals surface area contributed by atoms with Gasteiger partial charge in [-0.25, -0.2) is 9.97 Å². The number of aryl methyl sites for hydroxylation is 1. The molecule has 2 aromatic carbocycles. The normalized spacial score (nSPS) is 21.1. The number of hydrogen-bond donors (Lipinski definition) is 1. The monoisotopic (exact) mass is 671 g/mol. The molecule has 49 heavy (non-hydrogen) atoms. The van der Waals surface area contributed by atoms with Crippen molar-refractivity contribution in [2.45, 2.75) is 44.9 Å². The van der Waals surface area contributed by atoms with Crippen molar-refractivity contribution in [1.29, 1.82) is 0 Å². The Morgan fingerprint density at radius 2 is 1.80 bits per heavy atom. The lowest BCUT2D eigenvalue weighted by molar-refractivity contribution is -0.140. The van der Waals surface area contributed by atoms with Crippen LogP contribution in [-0.4, -0.2) is 121 Å². The maximum Gasteiger partial charge on any atom is 0.239 e. The number of amides is 3. The molecule has 0 spiro atoms. The molecule has 1 aromatic heterocycles. The van der Waals surface area contributed by atoms with Crippen molar-refractivity contribution < 1.29 is 28.6 Å². The summed E-state index contributed by atoms with van der Waals surface area (Å²) in [7, 11) is 1.59. The summed E-state index contributed by atoms with van der Waals surface area (Å²) < 4.78 is 18.3. The molecule has 3 aliphatic heterocycles. The Hall–Kier alpha value is -4.75. The van der Waals surface area contributed by atoms with E-state index in [-0.39, 0.29) is 43.3 Å². The van der Waals surface area contributed by atoms with E-state index in [9.17, 15) is 14.4 Å². The summed E-state index contributed by atoms with van der Waals surface area (Å²) in [5, 5.41) is 3.13. The summed E-state index contributed by atoms with van der Waals surface area (Å²) in [6.07, 6.45) is 4.32. The molecule has 4 heterocycles. The number of likely N-dealkylation sites (N-methyl/N-ethyl adjacent to an activating group) is 1. The molecule has 0 unspecified atom stereocenters. The first-order valence-corrected chi connectivity index (χ1v) is 17.0. The molecular formula is C36H45N7O6. The number of carbonyl (C=O) groups is 3. The largest absolute Gasteiger partial charge is 0.493 e. The van der Waals surface area contributed by atoms with Crippen LogP contribution < -0.4 is 19.7 Å². The van der Waals surface area contributed by atoms with Gasteiger partial charge in [0.05, 0.1) is 39.0 Å². The van der Waals surface area contributed by atoms with Gasteiger partial charge in [0, 0.05) is 64.6 Å².